The third kappa shape index (κ3) is 3.28. The molecule has 2 nitrogen and oxygen atoms in total. The predicted octanol–water partition coefficient (Wildman–Crippen LogP) is 4.83. The van der Waals surface area contributed by atoms with Gasteiger partial charge >= 0.3 is 0 Å². The smallest absolute Gasteiger partial charge is 0.177 e. The van der Waals surface area contributed by atoms with Crippen molar-refractivity contribution in [3.05, 3.63) is 12.2 Å². The van der Waals surface area contributed by atoms with Gasteiger partial charge in [-0.1, -0.05) is 44.6 Å². The van der Waals surface area contributed by atoms with E-state index in [9.17, 15) is 0 Å². The summed E-state index contributed by atoms with van der Waals surface area (Å²) in [6.07, 6.45) is 18.5. The van der Waals surface area contributed by atoms with Crippen molar-refractivity contribution in [3.8, 4) is 0 Å². The second-order valence-corrected chi connectivity index (χ2v) is 6.89. The molecule has 0 bridgehead atoms. The minimum absolute atomic E-state index is 0.0844. The quantitative estimate of drug-likeness (QED) is 0.688. The third-order valence-corrected chi connectivity index (χ3v) is 5.48. The van der Waals surface area contributed by atoms with E-state index in [2.05, 4.69) is 19.1 Å². The molecule has 0 aromatic rings. The van der Waals surface area contributed by atoms with Gasteiger partial charge in [0.1, 0.15) is 0 Å². The Kier molecular flexibility index (Phi) is 5.17. The van der Waals surface area contributed by atoms with Crippen molar-refractivity contribution in [1.82, 2.24) is 0 Å². The fraction of sp³-hybridized carbons (Fsp3) is 0.889. The first-order valence-electron chi connectivity index (χ1n) is 8.82. The van der Waals surface area contributed by atoms with E-state index >= 15 is 0 Å². The molecule has 0 spiro atoms. The van der Waals surface area contributed by atoms with Crippen molar-refractivity contribution in [3.63, 3.8) is 0 Å². The van der Waals surface area contributed by atoms with Gasteiger partial charge in [-0.15, -0.1) is 0 Å². The highest BCUT2D eigenvalue weighted by Gasteiger charge is 2.44. The van der Waals surface area contributed by atoms with Crippen LogP contribution >= 0.6 is 0 Å². The maximum Gasteiger partial charge on any atom is 0.177 e. The Labute approximate surface area is 123 Å². The minimum atomic E-state index is -0.0844. The molecule has 1 saturated heterocycles. The summed E-state index contributed by atoms with van der Waals surface area (Å²) in [5.74, 6) is 1.48. The van der Waals surface area contributed by atoms with E-state index in [1.165, 1.54) is 64.2 Å². The summed E-state index contributed by atoms with van der Waals surface area (Å²) in [6, 6.07) is 0. The summed E-state index contributed by atoms with van der Waals surface area (Å²) < 4.78 is 12.6. The van der Waals surface area contributed by atoms with Gasteiger partial charge in [-0.05, 0) is 50.5 Å². The Morgan fingerprint density at radius 3 is 1.55 bits per heavy atom. The summed E-state index contributed by atoms with van der Waals surface area (Å²) in [5, 5.41) is 0. The van der Waals surface area contributed by atoms with Crippen LogP contribution in [0.3, 0.4) is 0 Å². The summed E-state index contributed by atoms with van der Waals surface area (Å²) in [5.41, 5.74) is 0. The molecule has 0 radical (unpaired) electrons. The lowest BCUT2D eigenvalue weighted by Crippen LogP contribution is -2.38. The maximum atomic E-state index is 6.30. The van der Waals surface area contributed by atoms with Gasteiger partial charge in [0, 0.05) is 0 Å². The van der Waals surface area contributed by atoms with Crippen molar-refractivity contribution >= 4 is 0 Å². The third-order valence-electron chi connectivity index (χ3n) is 5.48. The standard InChI is InChI=1S/C18H30O2/c1-2-9-16-19-17(14-10-5-3-6-11-14)18(20-16)15-12-7-4-8-13-15/h2,9,14-18H,3-8,10-13H2,1H3/b9-2+/t17-,18-/m1/s1. The highest BCUT2D eigenvalue weighted by atomic mass is 16.7. The molecule has 20 heavy (non-hydrogen) atoms. The lowest BCUT2D eigenvalue weighted by atomic mass is 9.77. The van der Waals surface area contributed by atoms with Crippen LogP contribution < -0.4 is 0 Å². The molecule has 2 atom stereocenters. The molecule has 3 rings (SSSR count). The van der Waals surface area contributed by atoms with Crippen LogP contribution in [0.1, 0.15) is 71.1 Å². The van der Waals surface area contributed by atoms with Crippen LogP contribution in [0, 0.1) is 11.8 Å². The fourth-order valence-corrected chi connectivity index (χ4v) is 4.43. The van der Waals surface area contributed by atoms with Gasteiger partial charge in [-0.25, -0.2) is 0 Å². The normalized spacial score (nSPS) is 35.0. The molecule has 0 amide bonds. The summed E-state index contributed by atoms with van der Waals surface area (Å²) in [4.78, 5) is 0. The average molecular weight is 278 g/mol. The molecule has 0 aromatic heterocycles. The molecule has 2 aliphatic carbocycles. The second-order valence-electron chi connectivity index (χ2n) is 6.89. The SMILES string of the molecule is C/C=C/C1O[C@H](C2CCCCC2)[C@@H](C2CCCCC2)O1. The Balaban J connectivity index is 1.69. The zero-order valence-electron chi connectivity index (χ0n) is 12.9. The van der Waals surface area contributed by atoms with Gasteiger partial charge in [0.25, 0.3) is 0 Å². The number of rotatable bonds is 3. The zero-order valence-corrected chi connectivity index (χ0v) is 12.9. The van der Waals surface area contributed by atoms with E-state index in [1.807, 2.05) is 0 Å². The minimum Gasteiger partial charge on any atom is -0.343 e. The molecule has 2 heteroatoms. The number of hydrogen-bond donors (Lipinski definition) is 0. The van der Waals surface area contributed by atoms with Crippen LogP contribution in [0.2, 0.25) is 0 Å². The highest BCUT2D eigenvalue weighted by Crippen LogP contribution is 2.41. The maximum absolute atomic E-state index is 6.30. The first-order chi connectivity index (χ1) is 9.88. The summed E-state index contributed by atoms with van der Waals surface area (Å²) in [7, 11) is 0. The van der Waals surface area contributed by atoms with Crippen molar-refractivity contribution in [1.29, 1.82) is 0 Å². The molecule has 0 unspecified atom stereocenters. The Hall–Kier alpha value is -0.340. The number of hydrogen-bond acceptors (Lipinski definition) is 2. The van der Waals surface area contributed by atoms with Crippen LogP contribution in [-0.4, -0.2) is 18.5 Å². The lowest BCUT2D eigenvalue weighted by Gasteiger charge is -2.34. The van der Waals surface area contributed by atoms with Crippen LogP contribution in [0.25, 0.3) is 0 Å². The molecule has 0 aromatic carbocycles. The van der Waals surface area contributed by atoms with Crippen LogP contribution in [0.15, 0.2) is 12.2 Å². The van der Waals surface area contributed by atoms with Gasteiger partial charge in [0.15, 0.2) is 6.29 Å². The number of allylic oxidation sites excluding steroid dienone is 1. The molecule has 3 aliphatic rings. The van der Waals surface area contributed by atoms with Crippen LogP contribution in [0.5, 0.6) is 0 Å². The van der Waals surface area contributed by atoms with Gasteiger partial charge in [0.05, 0.1) is 12.2 Å². The van der Waals surface area contributed by atoms with Crippen molar-refractivity contribution in [2.24, 2.45) is 11.8 Å². The summed E-state index contributed by atoms with van der Waals surface area (Å²) >= 11 is 0. The zero-order chi connectivity index (χ0) is 13.8. The van der Waals surface area contributed by atoms with E-state index in [1.54, 1.807) is 0 Å². The molecule has 0 N–H and O–H groups in total. The fourth-order valence-electron chi connectivity index (χ4n) is 4.43. The first-order valence-corrected chi connectivity index (χ1v) is 8.82. The van der Waals surface area contributed by atoms with Gasteiger partial charge in [0.2, 0.25) is 0 Å². The lowest BCUT2D eigenvalue weighted by molar-refractivity contribution is -0.0433. The number of ether oxygens (including phenoxy) is 2. The van der Waals surface area contributed by atoms with Crippen LogP contribution in [-0.2, 0) is 9.47 Å². The second kappa shape index (κ2) is 7.09. The van der Waals surface area contributed by atoms with E-state index in [0.29, 0.717) is 12.2 Å². The molecular formula is C18H30O2. The molecule has 2 saturated carbocycles. The van der Waals surface area contributed by atoms with Crippen molar-refractivity contribution < 1.29 is 9.47 Å². The van der Waals surface area contributed by atoms with E-state index in [4.69, 9.17) is 9.47 Å². The molecule has 1 aliphatic heterocycles. The highest BCUT2D eigenvalue weighted by molar-refractivity contribution is 4.95. The van der Waals surface area contributed by atoms with Crippen molar-refractivity contribution in [2.75, 3.05) is 0 Å². The van der Waals surface area contributed by atoms with E-state index in [-0.39, 0.29) is 6.29 Å². The Bertz CT molecular complexity index is 287. The molecule has 3 fully saturated rings. The van der Waals surface area contributed by atoms with Gasteiger partial charge in [-0.2, -0.15) is 0 Å². The molecular weight excluding hydrogens is 248 g/mol. The predicted molar refractivity (Wildman–Crippen MR) is 81.5 cm³/mol. The Morgan fingerprint density at radius 1 is 0.700 bits per heavy atom. The Morgan fingerprint density at radius 2 is 1.15 bits per heavy atom. The largest absolute Gasteiger partial charge is 0.343 e. The van der Waals surface area contributed by atoms with Crippen LogP contribution in [0.4, 0.5) is 0 Å². The van der Waals surface area contributed by atoms with Gasteiger partial charge < -0.3 is 9.47 Å². The first kappa shape index (κ1) is 14.6. The molecule has 1 heterocycles. The van der Waals surface area contributed by atoms with E-state index < -0.39 is 0 Å². The van der Waals surface area contributed by atoms with Crippen molar-refractivity contribution in [2.45, 2.75) is 89.6 Å². The summed E-state index contributed by atoms with van der Waals surface area (Å²) in [6.45, 7) is 2.05. The van der Waals surface area contributed by atoms with E-state index in [0.717, 1.165) is 11.8 Å². The molecule has 114 valence electrons. The van der Waals surface area contributed by atoms with Gasteiger partial charge in [-0.3, -0.25) is 0 Å². The average Bonchev–Trinajstić information content (AvgIpc) is 2.93. The topological polar surface area (TPSA) is 18.5 Å². The monoisotopic (exact) mass is 278 g/mol.